The van der Waals surface area contributed by atoms with E-state index in [4.69, 9.17) is 9.47 Å². The molecular formula is C15H18N2O3. The Balaban J connectivity index is 2.17. The van der Waals surface area contributed by atoms with Gasteiger partial charge in [0.1, 0.15) is 18.1 Å². The van der Waals surface area contributed by atoms with Crippen molar-refractivity contribution in [3.63, 3.8) is 0 Å². The Hall–Kier alpha value is -2.30. The van der Waals surface area contributed by atoms with Crippen LogP contribution in [-0.2, 0) is 6.61 Å². The maximum absolute atomic E-state index is 11.0. The predicted octanol–water partition coefficient (Wildman–Crippen LogP) is 2.86. The Labute approximate surface area is 118 Å². The first kappa shape index (κ1) is 14.1. The minimum absolute atomic E-state index is 0.312. The van der Waals surface area contributed by atoms with Crippen molar-refractivity contribution in [2.45, 2.75) is 26.5 Å². The van der Waals surface area contributed by atoms with Crippen LogP contribution in [0.15, 0.2) is 30.7 Å². The second-order valence-electron chi connectivity index (χ2n) is 4.70. The zero-order chi connectivity index (χ0) is 14.5. The third-order valence-corrected chi connectivity index (χ3v) is 3.03. The fraction of sp³-hybridized carbons (Fsp3) is 0.333. The van der Waals surface area contributed by atoms with Crippen molar-refractivity contribution in [3.8, 4) is 11.5 Å². The van der Waals surface area contributed by atoms with E-state index in [1.165, 1.54) is 0 Å². The third kappa shape index (κ3) is 2.99. The molecule has 0 N–H and O–H groups in total. The normalized spacial score (nSPS) is 10.6. The Morgan fingerprint density at radius 3 is 2.85 bits per heavy atom. The van der Waals surface area contributed by atoms with Gasteiger partial charge in [-0.15, -0.1) is 0 Å². The van der Waals surface area contributed by atoms with Gasteiger partial charge in [-0.3, -0.25) is 4.79 Å². The van der Waals surface area contributed by atoms with E-state index in [0.717, 1.165) is 12.0 Å². The number of ether oxygens (including phenoxy) is 2. The summed E-state index contributed by atoms with van der Waals surface area (Å²) in [6.07, 6.45) is 4.31. The Bertz CT molecular complexity index is 591. The van der Waals surface area contributed by atoms with Crippen LogP contribution in [0.4, 0.5) is 0 Å². The third-order valence-electron chi connectivity index (χ3n) is 3.03. The molecule has 0 atom stereocenters. The van der Waals surface area contributed by atoms with Crippen LogP contribution in [0.5, 0.6) is 11.5 Å². The molecule has 5 heteroatoms. The van der Waals surface area contributed by atoms with Gasteiger partial charge in [0.2, 0.25) is 0 Å². The van der Waals surface area contributed by atoms with Crippen LogP contribution in [-0.4, -0.2) is 22.9 Å². The lowest BCUT2D eigenvalue weighted by molar-refractivity contribution is 0.111. The molecular weight excluding hydrogens is 256 g/mol. The summed E-state index contributed by atoms with van der Waals surface area (Å²) in [7, 11) is 1.58. The fourth-order valence-electron chi connectivity index (χ4n) is 1.92. The first-order valence-corrected chi connectivity index (χ1v) is 6.42. The highest BCUT2D eigenvalue weighted by Crippen LogP contribution is 2.24. The summed E-state index contributed by atoms with van der Waals surface area (Å²) in [6, 6.07) is 5.43. The molecule has 0 spiro atoms. The lowest BCUT2D eigenvalue weighted by Gasteiger charge is -2.14. The Morgan fingerprint density at radius 2 is 2.20 bits per heavy atom. The van der Waals surface area contributed by atoms with Crippen LogP contribution < -0.4 is 9.47 Å². The van der Waals surface area contributed by atoms with Gasteiger partial charge in [-0.2, -0.15) is 0 Å². The molecule has 2 aromatic rings. The number of nitrogens with zero attached hydrogens (tertiary/aromatic N) is 2. The topological polar surface area (TPSA) is 53.4 Å². The molecule has 0 bridgehead atoms. The minimum atomic E-state index is 0.312. The maximum atomic E-state index is 11.0. The standard InChI is InChI=1S/C15H18N2O3/c1-11(2)17-10-16-7-13(17)9-20-15-6-14(19-3)5-4-12(15)8-18/h4-8,10-11H,9H2,1-3H3. The van der Waals surface area contributed by atoms with Gasteiger partial charge in [0, 0.05) is 12.1 Å². The van der Waals surface area contributed by atoms with E-state index in [1.54, 1.807) is 37.8 Å². The van der Waals surface area contributed by atoms with Crippen molar-refractivity contribution in [2.75, 3.05) is 7.11 Å². The van der Waals surface area contributed by atoms with Crippen LogP contribution in [0.25, 0.3) is 0 Å². The number of imidazole rings is 1. The van der Waals surface area contributed by atoms with E-state index in [1.807, 2.05) is 4.57 Å². The van der Waals surface area contributed by atoms with Gasteiger partial charge in [-0.25, -0.2) is 4.98 Å². The second-order valence-corrected chi connectivity index (χ2v) is 4.70. The Morgan fingerprint density at radius 1 is 1.40 bits per heavy atom. The summed E-state index contributed by atoms with van der Waals surface area (Å²) in [6.45, 7) is 4.51. The summed E-state index contributed by atoms with van der Waals surface area (Å²) in [4.78, 5) is 15.1. The van der Waals surface area contributed by atoms with Gasteiger partial charge < -0.3 is 14.0 Å². The van der Waals surface area contributed by atoms with E-state index in [9.17, 15) is 4.79 Å². The number of hydrogen-bond acceptors (Lipinski definition) is 4. The van der Waals surface area contributed by atoms with Crippen LogP contribution in [0, 0.1) is 0 Å². The average Bonchev–Trinajstić information content (AvgIpc) is 2.93. The van der Waals surface area contributed by atoms with Crippen LogP contribution in [0.1, 0.15) is 35.9 Å². The van der Waals surface area contributed by atoms with Crippen molar-refractivity contribution >= 4 is 6.29 Å². The van der Waals surface area contributed by atoms with Crippen molar-refractivity contribution in [1.29, 1.82) is 0 Å². The van der Waals surface area contributed by atoms with E-state index < -0.39 is 0 Å². The summed E-state index contributed by atoms with van der Waals surface area (Å²) in [5, 5.41) is 0. The molecule has 0 saturated carbocycles. The van der Waals surface area contributed by atoms with Crippen molar-refractivity contribution in [1.82, 2.24) is 9.55 Å². The SMILES string of the molecule is COc1ccc(C=O)c(OCc2cncn2C(C)C)c1. The highest BCUT2D eigenvalue weighted by atomic mass is 16.5. The number of rotatable bonds is 6. The molecule has 0 fully saturated rings. The number of carbonyl (C=O) groups is 1. The largest absolute Gasteiger partial charge is 0.497 e. The Kier molecular flexibility index (Phi) is 4.40. The lowest BCUT2D eigenvalue weighted by Crippen LogP contribution is -2.08. The zero-order valence-corrected chi connectivity index (χ0v) is 11.9. The lowest BCUT2D eigenvalue weighted by atomic mass is 10.2. The van der Waals surface area contributed by atoms with Crippen molar-refractivity contribution in [2.24, 2.45) is 0 Å². The monoisotopic (exact) mass is 274 g/mol. The number of aromatic nitrogens is 2. The quantitative estimate of drug-likeness (QED) is 0.760. The molecule has 1 aromatic carbocycles. The number of hydrogen-bond donors (Lipinski definition) is 0. The number of benzene rings is 1. The molecule has 106 valence electrons. The number of carbonyl (C=O) groups excluding carboxylic acids is 1. The summed E-state index contributed by atoms with van der Waals surface area (Å²) < 4.78 is 12.9. The first-order chi connectivity index (χ1) is 9.65. The molecule has 0 saturated heterocycles. The zero-order valence-electron chi connectivity index (χ0n) is 11.9. The molecule has 1 heterocycles. The van der Waals surface area contributed by atoms with E-state index in [-0.39, 0.29) is 0 Å². The average molecular weight is 274 g/mol. The van der Waals surface area contributed by atoms with Crippen molar-refractivity contribution < 1.29 is 14.3 Å². The van der Waals surface area contributed by atoms with E-state index in [2.05, 4.69) is 18.8 Å². The molecule has 0 radical (unpaired) electrons. The summed E-state index contributed by atoms with van der Waals surface area (Å²) in [5.41, 5.74) is 1.46. The molecule has 20 heavy (non-hydrogen) atoms. The molecule has 0 amide bonds. The van der Waals surface area contributed by atoms with Crippen LogP contribution in [0.2, 0.25) is 0 Å². The first-order valence-electron chi connectivity index (χ1n) is 6.42. The van der Waals surface area contributed by atoms with Gasteiger partial charge in [0.05, 0.1) is 30.9 Å². The minimum Gasteiger partial charge on any atom is -0.497 e. The van der Waals surface area contributed by atoms with Crippen LogP contribution in [0.3, 0.4) is 0 Å². The van der Waals surface area contributed by atoms with E-state index in [0.29, 0.717) is 29.7 Å². The van der Waals surface area contributed by atoms with Crippen molar-refractivity contribution in [3.05, 3.63) is 42.0 Å². The molecule has 2 rings (SSSR count). The predicted molar refractivity (Wildman–Crippen MR) is 75.3 cm³/mol. The molecule has 0 aliphatic carbocycles. The smallest absolute Gasteiger partial charge is 0.153 e. The highest BCUT2D eigenvalue weighted by Gasteiger charge is 2.09. The fourth-order valence-corrected chi connectivity index (χ4v) is 1.92. The molecule has 5 nitrogen and oxygen atoms in total. The van der Waals surface area contributed by atoms with Crippen LogP contribution >= 0.6 is 0 Å². The number of methoxy groups -OCH3 is 1. The second kappa shape index (κ2) is 6.23. The molecule has 1 aromatic heterocycles. The van der Waals surface area contributed by atoms with Gasteiger partial charge in [0.25, 0.3) is 0 Å². The van der Waals surface area contributed by atoms with Gasteiger partial charge in [0.15, 0.2) is 6.29 Å². The van der Waals surface area contributed by atoms with Gasteiger partial charge in [-0.05, 0) is 26.0 Å². The maximum Gasteiger partial charge on any atom is 0.153 e. The van der Waals surface area contributed by atoms with Gasteiger partial charge >= 0.3 is 0 Å². The highest BCUT2D eigenvalue weighted by molar-refractivity contribution is 5.79. The van der Waals surface area contributed by atoms with E-state index >= 15 is 0 Å². The van der Waals surface area contributed by atoms with Gasteiger partial charge in [-0.1, -0.05) is 0 Å². The molecule has 0 unspecified atom stereocenters. The summed E-state index contributed by atoms with van der Waals surface area (Å²) in [5.74, 6) is 1.17. The number of aldehydes is 1. The molecule has 0 aliphatic heterocycles. The summed E-state index contributed by atoms with van der Waals surface area (Å²) >= 11 is 0. The molecule has 0 aliphatic rings.